The first-order valence-corrected chi connectivity index (χ1v) is 9.36. The molecule has 140 valence electrons. The molecule has 0 unspecified atom stereocenters. The molecule has 3 aromatic rings. The SMILES string of the molecule is CC(=O)[C@H](Cc1ccccc1)NC(=O)CSc1nnc(-c2ccoc2C)o1. The number of ketones is 1. The molecule has 7 nitrogen and oxygen atoms in total. The van der Waals surface area contributed by atoms with Gasteiger partial charge in [0.25, 0.3) is 11.1 Å². The van der Waals surface area contributed by atoms with Crippen LogP contribution in [0.5, 0.6) is 0 Å². The van der Waals surface area contributed by atoms with Crippen molar-refractivity contribution in [2.75, 3.05) is 5.75 Å². The first-order chi connectivity index (χ1) is 13.0. The zero-order chi connectivity index (χ0) is 19.2. The van der Waals surface area contributed by atoms with Gasteiger partial charge in [-0.3, -0.25) is 9.59 Å². The van der Waals surface area contributed by atoms with Gasteiger partial charge >= 0.3 is 0 Å². The van der Waals surface area contributed by atoms with Gasteiger partial charge in [0, 0.05) is 0 Å². The summed E-state index contributed by atoms with van der Waals surface area (Å²) >= 11 is 1.12. The number of furan rings is 1. The van der Waals surface area contributed by atoms with E-state index in [2.05, 4.69) is 15.5 Å². The topological polar surface area (TPSA) is 98.2 Å². The number of thioether (sulfide) groups is 1. The Bertz CT molecular complexity index is 920. The number of benzene rings is 1. The molecular formula is C19H19N3O4S. The first-order valence-electron chi connectivity index (χ1n) is 8.37. The van der Waals surface area contributed by atoms with Crippen molar-refractivity contribution in [2.45, 2.75) is 31.5 Å². The lowest BCUT2D eigenvalue weighted by molar-refractivity contribution is -0.125. The summed E-state index contributed by atoms with van der Waals surface area (Å²) in [5.74, 6) is 0.737. The molecule has 0 aliphatic rings. The third-order valence-corrected chi connectivity index (χ3v) is 4.75. The third kappa shape index (κ3) is 5.07. The molecule has 2 aromatic heterocycles. The predicted octanol–water partition coefficient (Wildman–Crippen LogP) is 3.05. The van der Waals surface area contributed by atoms with Gasteiger partial charge < -0.3 is 14.2 Å². The highest BCUT2D eigenvalue weighted by atomic mass is 32.2. The van der Waals surface area contributed by atoms with E-state index in [1.54, 1.807) is 19.3 Å². The summed E-state index contributed by atoms with van der Waals surface area (Å²) in [4.78, 5) is 24.1. The largest absolute Gasteiger partial charge is 0.469 e. The number of nitrogens with one attached hydrogen (secondary N) is 1. The molecule has 0 fully saturated rings. The monoisotopic (exact) mass is 385 g/mol. The molecule has 27 heavy (non-hydrogen) atoms. The van der Waals surface area contributed by atoms with Gasteiger partial charge in [-0.2, -0.15) is 0 Å². The van der Waals surface area contributed by atoms with Crippen molar-refractivity contribution in [1.82, 2.24) is 15.5 Å². The zero-order valence-electron chi connectivity index (χ0n) is 15.0. The minimum absolute atomic E-state index is 0.0740. The Morgan fingerprint density at radius 1 is 1.19 bits per heavy atom. The number of aromatic nitrogens is 2. The lowest BCUT2D eigenvalue weighted by atomic mass is 10.0. The van der Waals surface area contributed by atoms with Gasteiger partial charge in [-0.25, -0.2) is 0 Å². The van der Waals surface area contributed by atoms with E-state index >= 15 is 0 Å². The Morgan fingerprint density at radius 2 is 1.96 bits per heavy atom. The lowest BCUT2D eigenvalue weighted by Crippen LogP contribution is -2.42. The highest BCUT2D eigenvalue weighted by Crippen LogP contribution is 2.26. The van der Waals surface area contributed by atoms with Crippen molar-refractivity contribution in [3.05, 3.63) is 54.0 Å². The van der Waals surface area contributed by atoms with Crippen LogP contribution in [0.25, 0.3) is 11.5 Å². The second-order valence-corrected chi connectivity index (χ2v) is 6.90. The van der Waals surface area contributed by atoms with Crippen molar-refractivity contribution < 1.29 is 18.4 Å². The standard InChI is InChI=1S/C19H19N3O4S/c1-12(23)16(10-14-6-4-3-5-7-14)20-17(24)11-27-19-22-21-18(26-19)15-8-9-25-13(15)2/h3-9,16H,10-11H2,1-2H3,(H,20,24)/t16-/m0/s1. The molecule has 3 rings (SSSR count). The average Bonchev–Trinajstić information content (AvgIpc) is 3.28. The number of Topliss-reactive ketones (excluding diaryl/α,β-unsaturated/α-hetero) is 1. The fraction of sp³-hybridized carbons (Fsp3) is 0.263. The van der Waals surface area contributed by atoms with Crippen LogP contribution in [0, 0.1) is 6.92 Å². The Morgan fingerprint density at radius 3 is 2.63 bits per heavy atom. The van der Waals surface area contributed by atoms with E-state index in [4.69, 9.17) is 8.83 Å². The molecule has 0 radical (unpaired) electrons. The predicted molar refractivity (Wildman–Crippen MR) is 100 cm³/mol. The molecule has 1 atom stereocenters. The number of amides is 1. The van der Waals surface area contributed by atoms with Crippen LogP contribution >= 0.6 is 11.8 Å². The van der Waals surface area contributed by atoms with E-state index in [1.165, 1.54) is 6.92 Å². The maximum Gasteiger partial charge on any atom is 0.277 e. The van der Waals surface area contributed by atoms with Crippen molar-refractivity contribution in [2.24, 2.45) is 0 Å². The zero-order valence-corrected chi connectivity index (χ0v) is 15.8. The first kappa shape index (κ1) is 18.9. The quantitative estimate of drug-likeness (QED) is 0.595. The second kappa shape index (κ2) is 8.68. The molecule has 0 bridgehead atoms. The van der Waals surface area contributed by atoms with Gasteiger partial charge in [0.1, 0.15) is 5.76 Å². The number of carbonyl (C=O) groups is 2. The van der Waals surface area contributed by atoms with Crippen LogP contribution in [-0.2, 0) is 16.0 Å². The summed E-state index contributed by atoms with van der Waals surface area (Å²) in [6.45, 7) is 3.27. The highest BCUT2D eigenvalue weighted by Gasteiger charge is 2.19. The van der Waals surface area contributed by atoms with Gasteiger partial charge in [-0.1, -0.05) is 42.1 Å². The summed E-state index contributed by atoms with van der Waals surface area (Å²) < 4.78 is 10.8. The van der Waals surface area contributed by atoms with Gasteiger partial charge in [0.05, 0.1) is 23.6 Å². The molecule has 1 aromatic carbocycles. The Hall–Kier alpha value is -2.87. The van der Waals surface area contributed by atoms with Crippen LogP contribution in [0.3, 0.4) is 0 Å². The van der Waals surface area contributed by atoms with Gasteiger partial charge in [0.2, 0.25) is 5.91 Å². The smallest absolute Gasteiger partial charge is 0.277 e. The van der Waals surface area contributed by atoms with Gasteiger partial charge in [-0.05, 0) is 31.9 Å². The maximum atomic E-state index is 12.2. The molecule has 0 aliphatic carbocycles. The van der Waals surface area contributed by atoms with E-state index < -0.39 is 6.04 Å². The van der Waals surface area contributed by atoms with Crippen LogP contribution in [0.4, 0.5) is 0 Å². The number of carbonyl (C=O) groups excluding carboxylic acids is 2. The van der Waals surface area contributed by atoms with Crippen LogP contribution in [0.2, 0.25) is 0 Å². The Kier molecular flexibility index (Phi) is 6.08. The Labute approximate surface area is 160 Å². The molecule has 2 heterocycles. The molecule has 0 saturated carbocycles. The summed E-state index contributed by atoms with van der Waals surface area (Å²) in [7, 11) is 0. The number of aryl methyl sites for hydroxylation is 1. The maximum absolute atomic E-state index is 12.2. The summed E-state index contributed by atoms with van der Waals surface area (Å²) in [6.07, 6.45) is 2.00. The lowest BCUT2D eigenvalue weighted by Gasteiger charge is -2.15. The van der Waals surface area contributed by atoms with E-state index in [1.807, 2.05) is 30.3 Å². The van der Waals surface area contributed by atoms with Crippen molar-refractivity contribution in [3.63, 3.8) is 0 Å². The minimum atomic E-state index is -0.563. The number of rotatable bonds is 8. The molecule has 1 amide bonds. The van der Waals surface area contributed by atoms with Crippen molar-refractivity contribution in [1.29, 1.82) is 0 Å². The van der Waals surface area contributed by atoms with Crippen LogP contribution < -0.4 is 5.32 Å². The van der Waals surface area contributed by atoms with E-state index in [9.17, 15) is 9.59 Å². The van der Waals surface area contributed by atoms with Crippen LogP contribution in [0.15, 0.2) is 56.7 Å². The summed E-state index contributed by atoms with van der Waals surface area (Å²) in [6, 6.07) is 10.7. The van der Waals surface area contributed by atoms with E-state index in [0.717, 1.165) is 22.9 Å². The summed E-state index contributed by atoms with van der Waals surface area (Å²) in [5, 5.41) is 10.9. The van der Waals surface area contributed by atoms with Gasteiger partial charge in [-0.15, -0.1) is 10.2 Å². The normalized spacial score (nSPS) is 11.9. The van der Waals surface area contributed by atoms with E-state index in [0.29, 0.717) is 18.1 Å². The van der Waals surface area contributed by atoms with E-state index in [-0.39, 0.29) is 22.7 Å². The number of nitrogens with zero attached hydrogens (tertiary/aromatic N) is 2. The minimum Gasteiger partial charge on any atom is -0.469 e. The molecule has 8 heteroatoms. The molecule has 0 aliphatic heterocycles. The third-order valence-electron chi connectivity index (χ3n) is 3.93. The molecule has 1 N–H and O–H groups in total. The second-order valence-electron chi connectivity index (χ2n) is 5.97. The average molecular weight is 385 g/mol. The van der Waals surface area contributed by atoms with Crippen molar-refractivity contribution >= 4 is 23.5 Å². The van der Waals surface area contributed by atoms with Crippen LogP contribution in [0.1, 0.15) is 18.2 Å². The van der Waals surface area contributed by atoms with Crippen LogP contribution in [-0.4, -0.2) is 33.7 Å². The fourth-order valence-electron chi connectivity index (χ4n) is 2.49. The molecule has 0 spiro atoms. The molecular weight excluding hydrogens is 366 g/mol. The summed E-state index contributed by atoms with van der Waals surface area (Å²) in [5.41, 5.74) is 1.71. The van der Waals surface area contributed by atoms with Gasteiger partial charge in [0.15, 0.2) is 5.78 Å². The molecule has 0 saturated heterocycles. The highest BCUT2D eigenvalue weighted by molar-refractivity contribution is 7.99. The number of hydrogen-bond acceptors (Lipinski definition) is 7. The fourth-order valence-corrected chi connectivity index (χ4v) is 3.07. The van der Waals surface area contributed by atoms with Crippen molar-refractivity contribution in [3.8, 4) is 11.5 Å². The number of hydrogen-bond donors (Lipinski definition) is 1. The Balaban J connectivity index is 1.55.